The number of nitrogens with one attached hydrogen (secondary N) is 1. The molecule has 5 heteroatoms. The van der Waals surface area contributed by atoms with Crippen molar-refractivity contribution < 1.29 is 14.9 Å². The summed E-state index contributed by atoms with van der Waals surface area (Å²) in [7, 11) is 0. The van der Waals surface area contributed by atoms with Gasteiger partial charge in [-0.2, -0.15) is 5.26 Å². The SMILES string of the molecule is CC(C)[C@@H](CO)NCC(O)COc1ccc(C#N)cc1. The molecule has 0 bridgehead atoms. The number of ether oxygens (including phenoxy) is 1. The van der Waals surface area contributed by atoms with Crippen molar-refractivity contribution in [3.05, 3.63) is 29.8 Å². The maximum absolute atomic E-state index is 9.82. The molecular formula is C15H22N2O3. The van der Waals surface area contributed by atoms with Crippen LogP contribution in [0.25, 0.3) is 0 Å². The van der Waals surface area contributed by atoms with E-state index in [-0.39, 0.29) is 19.3 Å². The summed E-state index contributed by atoms with van der Waals surface area (Å²) in [6.45, 7) is 4.58. The Balaban J connectivity index is 2.32. The molecule has 1 unspecified atom stereocenters. The van der Waals surface area contributed by atoms with Crippen molar-refractivity contribution in [3.8, 4) is 11.8 Å². The fourth-order valence-corrected chi connectivity index (χ4v) is 1.68. The standard InChI is InChI=1S/C15H22N2O3/c1-11(2)15(9-18)17-8-13(19)10-20-14-5-3-12(7-16)4-6-14/h3-6,11,13,15,17-19H,8-10H2,1-2H3/t13?,15-/m1/s1. The van der Waals surface area contributed by atoms with Gasteiger partial charge in [0, 0.05) is 12.6 Å². The Morgan fingerprint density at radius 3 is 2.45 bits per heavy atom. The van der Waals surface area contributed by atoms with Crippen molar-refractivity contribution in [2.45, 2.75) is 26.0 Å². The summed E-state index contributed by atoms with van der Waals surface area (Å²) in [5, 5.41) is 30.8. The van der Waals surface area contributed by atoms with Gasteiger partial charge in [0.05, 0.1) is 18.2 Å². The van der Waals surface area contributed by atoms with Crippen LogP contribution in [0.3, 0.4) is 0 Å². The monoisotopic (exact) mass is 278 g/mol. The van der Waals surface area contributed by atoms with Gasteiger partial charge in [-0.25, -0.2) is 0 Å². The van der Waals surface area contributed by atoms with E-state index in [9.17, 15) is 5.11 Å². The summed E-state index contributed by atoms with van der Waals surface area (Å²) < 4.78 is 5.43. The van der Waals surface area contributed by atoms with E-state index in [0.717, 1.165) is 0 Å². The maximum atomic E-state index is 9.82. The Bertz CT molecular complexity index is 426. The second kappa shape index (κ2) is 8.54. The van der Waals surface area contributed by atoms with E-state index < -0.39 is 6.10 Å². The fraction of sp³-hybridized carbons (Fsp3) is 0.533. The van der Waals surface area contributed by atoms with Crippen molar-refractivity contribution in [1.82, 2.24) is 5.32 Å². The smallest absolute Gasteiger partial charge is 0.119 e. The number of nitrogens with zero attached hydrogens (tertiary/aromatic N) is 1. The van der Waals surface area contributed by atoms with Crippen molar-refractivity contribution in [2.24, 2.45) is 5.92 Å². The molecule has 0 radical (unpaired) electrons. The Labute approximate surface area is 119 Å². The number of hydrogen-bond donors (Lipinski definition) is 3. The Morgan fingerprint density at radius 2 is 1.95 bits per heavy atom. The lowest BCUT2D eigenvalue weighted by molar-refractivity contribution is 0.0962. The number of nitriles is 1. The molecular weight excluding hydrogens is 256 g/mol. The minimum atomic E-state index is -0.654. The van der Waals surface area contributed by atoms with Gasteiger partial charge >= 0.3 is 0 Å². The zero-order chi connectivity index (χ0) is 15.0. The van der Waals surface area contributed by atoms with Crippen molar-refractivity contribution in [3.63, 3.8) is 0 Å². The third kappa shape index (κ3) is 5.57. The molecule has 0 saturated carbocycles. The van der Waals surface area contributed by atoms with Crippen LogP contribution in [-0.2, 0) is 0 Å². The first-order chi connectivity index (χ1) is 9.56. The summed E-state index contributed by atoms with van der Waals surface area (Å²) >= 11 is 0. The average Bonchev–Trinajstić information content (AvgIpc) is 2.46. The highest BCUT2D eigenvalue weighted by molar-refractivity contribution is 5.34. The van der Waals surface area contributed by atoms with E-state index in [1.165, 1.54) is 0 Å². The minimum absolute atomic E-state index is 0.0282. The molecule has 1 aromatic carbocycles. The largest absolute Gasteiger partial charge is 0.491 e. The fourth-order valence-electron chi connectivity index (χ4n) is 1.68. The van der Waals surface area contributed by atoms with Crippen LogP contribution in [0.4, 0.5) is 0 Å². The molecule has 0 fully saturated rings. The van der Waals surface area contributed by atoms with E-state index in [4.69, 9.17) is 15.1 Å². The lowest BCUT2D eigenvalue weighted by atomic mass is 10.1. The van der Waals surface area contributed by atoms with Gasteiger partial charge in [-0.3, -0.25) is 0 Å². The van der Waals surface area contributed by atoms with Gasteiger partial charge < -0.3 is 20.3 Å². The Kier molecular flexibility index (Phi) is 7.02. The maximum Gasteiger partial charge on any atom is 0.119 e. The molecule has 0 saturated heterocycles. The molecule has 0 aliphatic heterocycles. The van der Waals surface area contributed by atoms with Crippen LogP contribution in [0, 0.1) is 17.2 Å². The highest BCUT2D eigenvalue weighted by atomic mass is 16.5. The molecule has 2 atom stereocenters. The molecule has 0 aliphatic rings. The van der Waals surface area contributed by atoms with Crippen LogP contribution in [-0.4, -0.2) is 42.1 Å². The first kappa shape index (κ1) is 16.4. The highest BCUT2D eigenvalue weighted by Gasteiger charge is 2.13. The zero-order valence-corrected chi connectivity index (χ0v) is 11.9. The van der Waals surface area contributed by atoms with Gasteiger partial charge in [-0.05, 0) is 30.2 Å². The summed E-state index contributed by atoms with van der Waals surface area (Å²) in [6, 6.07) is 8.73. The molecule has 3 N–H and O–H groups in total. The lowest BCUT2D eigenvalue weighted by Crippen LogP contribution is -2.42. The summed E-state index contributed by atoms with van der Waals surface area (Å²) in [5.74, 6) is 0.914. The van der Waals surface area contributed by atoms with Crippen LogP contribution in [0.1, 0.15) is 19.4 Å². The number of hydrogen-bond acceptors (Lipinski definition) is 5. The normalized spacial score (nSPS) is 13.8. The van der Waals surface area contributed by atoms with E-state index in [1.54, 1.807) is 24.3 Å². The van der Waals surface area contributed by atoms with Crippen molar-refractivity contribution in [1.29, 1.82) is 5.26 Å². The predicted molar refractivity (Wildman–Crippen MR) is 76.4 cm³/mol. The Hall–Kier alpha value is -1.61. The number of rotatable bonds is 8. The van der Waals surface area contributed by atoms with Crippen LogP contribution in [0.15, 0.2) is 24.3 Å². The van der Waals surface area contributed by atoms with E-state index in [1.807, 2.05) is 19.9 Å². The molecule has 0 spiro atoms. The number of aliphatic hydroxyl groups is 2. The van der Waals surface area contributed by atoms with Gasteiger partial charge in [0.1, 0.15) is 18.5 Å². The molecule has 5 nitrogen and oxygen atoms in total. The van der Waals surface area contributed by atoms with Gasteiger partial charge in [0.2, 0.25) is 0 Å². The molecule has 1 aromatic rings. The molecule has 20 heavy (non-hydrogen) atoms. The molecule has 0 heterocycles. The lowest BCUT2D eigenvalue weighted by Gasteiger charge is -2.22. The van der Waals surface area contributed by atoms with Gasteiger partial charge in [0.15, 0.2) is 0 Å². The summed E-state index contributed by atoms with van der Waals surface area (Å²) in [4.78, 5) is 0. The second-order valence-electron chi connectivity index (χ2n) is 5.04. The van der Waals surface area contributed by atoms with E-state index >= 15 is 0 Å². The highest BCUT2D eigenvalue weighted by Crippen LogP contribution is 2.11. The Morgan fingerprint density at radius 1 is 1.30 bits per heavy atom. The third-order valence-corrected chi connectivity index (χ3v) is 3.04. The topological polar surface area (TPSA) is 85.5 Å². The first-order valence-electron chi connectivity index (χ1n) is 6.72. The average molecular weight is 278 g/mol. The first-order valence-corrected chi connectivity index (χ1v) is 6.72. The third-order valence-electron chi connectivity index (χ3n) is 3.04. The van der Waals surface area contributed by atoms with Crippen molar-refractivity contribution in [2.75, 3.05) is 19.8 Å². The van der Waals surface area contributed by atoms with Crippen LogP contribution in [0.5, 0.6) is 5.75 Å². The van der Waals surface area contributed by atoms with Crippen LogP contribution in [0.2, 0.25) is 0 Å². The van der Waals surface area contributed by atoms with Gasteiger partial charge in [0.25, 0.3) is 0 Å². The predicted octanol–water partition coefficient (Wildman–Crippen LogP) is 0.904. The van der Waals surface area contributed by atoms with Crippen LogP contribution < -0.4 is 10.1 Å². The summed E-state index contributed by atoms with van der Waals surface area (Å²) in [6.07, 6.45) is -0.654. The quantitative estimate of drug-likeness (QED) is 0.658. The van der Waals surface area contributed by atoms with E-state index in [2.05, 4.69) is 5.32 Å². The van der Waals surface area contributed by atoms with Crippen molar-refractivity contribution >= 4 is 0 Å². The summed E-state index contributed by atoms with van der Waals surface area (Å²) in [5.41, 5.74) is 0.572. The molecule has 1 rings (SSSR count). The zero-order valence-electron chi connectivity index (χ0n) is 11.9. The minimum Gasteiger partial charge on any atom is -0.491 e. The van der Waals surface area contributed by atoms with Gasteiger partial charge in [-0.1, -0.05) is 13.8 Å². The molecule has 0 aromatic heterocycles. The molecule has 0 amide bonds. The number of benzene rings is 1. The number of aliphatic hydroxyl groups excluding tert-OH is 2. The second-order valence-corrected chi connectivity index (χ2v) is 5.04. The van der Waals surface area contributed by atoms with E-state index in [0.29, 0.717) is 23.8 Å². The molecule has 0 aliphatic carbocycles. The molecule has 110 valence electrons. The van der Waals surface area contributed by atoms with Gasteiger partial charge in [-0.15, -0.1) is 0 Å². The van der Waals surface area contributed by atoms with Crippen LogP contribution >= 0.6 is 0 Å².